The molecule has 0 radical (unpaired) electrons. The zero-order valence-corrected chi connectivity index (χ0v) is 68.0. The summed E-state index contributed by atoms with van der Waals surface area (Å²) in [6.45, 7) is 16.3. The van der Waals surface area contributed by atoms with Crippen LogP contribution in [0, 0.1) is 27.7 Å². The highest BCUT2D eigenvalue weighted by Crippen LogP contribution is 2.38. The van der Waals surface area contributed by atoms with E-state index in [1.807, 2.05) is 109 Å². The van der Waals surface area contributed by atoms with Crippen LogP contribution in [0.4, 0.5) is 31.1 Å². The summed E-state index contributed by atoms with van der Waals surface area (Å²) in [6.07, 6.45) is 3.73. The molecule has 3 fully saturated rings. The Hall–Kier alpha value is -12.2. The summed E-state index contributed by atoms with van der Waals surface area (Å²) in [5.74, 6) is 1.66. The summed E-state index contributed by atoms with van der Waals surface area (Å²) < 4.78 is 110. The summed E-state index contributed by atoms with van der Waals surface area (Å²) in [4.78, 5) is 132. The van der Waals surface area contributed by atoms with E-state index in [-0.39, 0.29) is 110 Å². The standard InChI is InChI=1S/C31H37N5O5.C27H28F3N5O3.C26H26F3N5O3.C2H4O2/c1-19-10-6-7-11-21(19)18-35(30(39)41-31(3,4)5)14-15-36-24-17-25(40-22-12-8-9-13-22)20(2)16-23(24)32-26-27(36)33-29(38)34-28(26)37;1-16-13-20-21(14-22(16)38-18-8-4-5-9-18)35(24-23(31-20)25(36)33-26(37)32-24)12-11-34(2)15-17-7-3-6-10-19(17)27(28,29)30;1-15-12-19-20(13-21(15)37-17-7-3-4-8-17)34(23-22(31-19)24(35)33-25(36)32-23)11-10-30-14-16-6-2-5-9-18(16)26(27,28)29;1-2(3)4/h6-7,10-11,16-17,22H,8-9,12-15,18H2,1-5H3,(H,34,37,38);3,6-7,10,13-14,18H,4-5,8-9,11-12,15H2,1-2H3,(H,33,36,37);2,5-6,9,12-13,17,30H,3-4,7-8,10-11,14H2,1H3,(H,33,35,36);1H3,(H,3,4). The molecule has 3 saturated carbocycles. The zero-order valence-electron chi connectivity index (χ0n) is 68.0. The van der Waals surface area contributed by atoms with Gasteiger partial charge in [0.25, 0.3) is 22.6 Å². The number of fused-ring (bicyclic) bond motifs is 6. The van der Waals surface area contributed by atoms with Gasteiger partial charge in [-0.1, -0.05) is 60.7 Å². The number of carbonyl (C=O) groups is 2. The van der Waals surface area contributed by atoms with Gasteiger partial charge in [-0.2, -0.15) is 41.3 Å². The van der Waals surface area contributed by atoms with Gasteiger partial charge in [-0.05, 0) is 202 Å². The summed E-state index contributed by atoms with van der Waals surface area (Å²) in [6, 6.07) is 29.9. The van der Waals surface area contributed by atoms with Crippen molar-refractivity contribution in [1.82, 2.24) is 73.7 Å². The van der Waals surface area contributed by atoms with E-state index in [2.05, 4.69) is 50.2 Å². The molecule has 0 atom stereocenters. The van der Waals surface area contributed by atoms with Crippen molar-refractivity contribution in [2.45, 2.75) is 208 Å². The average Bonchev–Trinajstić information content (AvgIpc) is 0.769. The molecule has 0 spiro atoms. The molecule has 3 aliphatic carbocycles. The van der Waals surface area contributed by atoms with Gasteiger partial charge in [0.1, 0.15) is 22.8 Å². The van der Waals surface area contributed by atoms with Crippen LogP contribution in [0.5, 0.6) is 17.2 Å². The third-order valence-corrected chi connectivity index (χ3v) is 21.0. The number of rotatable bonds is 21. The fourth-order valence-corrected chi connectivity index (χ4v) is 15.1. The van der Waals surface area contributed by atoms with Crippen LogP contribution in [0.3, 0.4) is 0 Å². The minimum absolute atomic E-state index is 0.00679. The molecule has 120 heavy (non-hydrogen) atoms. The Morgan fingerprint density at radius 1 is 0.483 bits per heavy atom. The largest absolute Gasteiger partial charge is 0.490 e. The van der Waals surface area contributed by atoms with Crippen molar-refractivity contribution in [1.29, 1.82) is 0 Å². The number of alkyl halides is 6. The van der Waals surface area contributed by atoms with Crippen LogP contribution in [0.1, 0.15) is 155 Å². The minimum atomic E-state index is -4.45. The van der Waals surface area contributed by atoms with Crippen LogP contribution in [0.2, 0.25) is 0 Å². The molecule has 5 N–H and O–H groups in total. The van der Waals surface area contributed by atoms with E-state index in [0.717, 1.165) is 130 Å². The molecular formula is C86H95F6N15O13. The van der Waals surface area contributed by atoms with Gasteiger partial charge in [0.05, 0.1) is 62.5 Å². The van der Waals surface area contributed by atoms with Gasteiger partial charge in [-0.25, -0.2) is 34.1 Å². The topological polar surface area (TPSA) is 352 Å². The first kappa shape index (κ1) is 87.1. The number of H-pyrrole nitrogens is 3. The number of aromatic nitrogens is 12. The Bertz CT molecular complexity index is 5990. The Morgan fingerprint density at radius 2 is 0.833 bits per heavy atom. The zero-order chi connectivity index (χ0) is 86.1. The predicted octanol–water partition coefficient (Wildman–Crippen LogP) is 13.4. The maximum Gasteiger partial charge on any atom is 0.416 e. The molecule has 6 aliphatic heterocycles. The van der Waals surface area contributed by atoms with Gasteiger partial charge in [-0.3, -0.25) is 34.1 Å². The second-order valence-corrected chi connectivity index (χ2v) is 31.4. The number of nitrogens with zero attached hydrogens (tertiary/aromatic N) is 11. The van der Waals surface area contributed by atoms with E-state index in [1.54, 1.807) is 42.7 Å². The number of likely N-dealkylation sites (N-methyl/N-ethyl adjacent to an activating group) is 1. The molecule has 6 aromatic carbocycles. The lowest BCUT2D eigenvalue weighted by Gasteiger charge is -2.29. The van der Waals surface area contributed by atoms with Crippen LogP contribution in [-0.4, -0.2) is 136 Å². The van der Waals surface area contributed by atoms with Crippen molar-refractivity contribution in [3.63, 3.8) is 0 Å². The normalized spacial score (nSPS) is 14.2. The molecular weight excluding hydrogens is 1570 g/mol. The number of hydrogen-bond acceptors (Lipinski definition) is 20. The number of aromatic amines is 3. The SMILES string of the molecule is CC(=O)O.Cc1cc2nc3c(=O)[nH]c(=O)nc-3n(CCN(C)Cc3ccccc3C(F)(F)F)c2cc1OC1CCCC1.Cc1cc2nc3c(=O)[nH]c(=O)nc-3n(CCNCc3ccccc3C(F)(F)F)c2cc1OC1CCCC1.Cc1ccccc1CN(CCn1c2nc(=O)[nH]c(=O)c-2nc2cc(C)c(OC3CCCC3)cc21)C(=O)OC(C)(C)C. The molecule has 15 rings (SSSR count). The molecule has 1 amide bonds. The highest BCUT2D eigenvalue weighted by molar-refractivity contribution is 5.84. The Kier molecular flexibility index (Phi) is 27.1. The first-order valence-corrected chi connectivity index (χ1v) is 39.8. The summed E-state index contributed by atoms with van der Waals surface area (Å²) in [5.41, 5.74) is 2.30. The molecule has 28 nitrogen and oxygen atoms in total. The van der Waals surface area contributed by atoms with Crippen molar-refractivity contribution in [2.24, 2.45) is 0 Å². The number of halogens is 6. The van der Waals surface area contributed by atoms with Crippen molar-refractivity contribution in [3.8, 4) is 51.8 Å². The van der Waals surface area contributed by atoms with E-state index < -0.39 is 74.9 Å². The number of carbonyl (C=O) groups excluding carboxylic acids is 1. The Balaban J connectivity index is 0.000000161. The average molecular weight is 1660 g/mol. The summed E-state index contributed by atoms with van der Waals surface area (Å²) in [7, 11) is 1.72. The van der Waals surface area contributed by atoms with E-state index in [1.165, 1.54) is 24.3 Å². The molecule has 6 aromatic rings. The van der Waals surface area contributed by atoms with Gasteiger partial charge in [0, 0.05) is 84.0 Å². The van der Waals surface area contributed by atoms with Gasteiger partial charge in [0.2, 0.25) is 0 Å². The second-order valence-electron chi connectivity index (χ2n) is 31.4. The van der Waals surface area contributed by atoms with E-state index in [9.17, 15) is 59.9 Å². The third kappa shape index (κ3) is 21.6. The lowest BCUT2D eigenvalue weighted by Crippen LogP contribution is -2.39. The van der Waals surface area contributed by atoms with Gasteiger partial charge in [-0.15, -0.1) is 0 Å². The molecule has 0 aromatic heterocycles. The van der Waals surface area contributed by atoms with Gasteiger partial charge < -0.3 is 52.9 Å². The fourth-order valence-electron chi connectivity index (χ4n) is 15.1. The summed E-state index contributed by atoms with van der Waals surface area (Å²) >= 11 is 0. The molecule has 0 bridgehead atoms. The van der Waals surface area contributed by atoms with Crippen LogP contribution in [0.15, 0.2) is 138 Å². The number of aryl methyl sites for hydroxylation is 4. The van der Waals surface area contributed by atoms with Crippen molar-refractivity contribution >= 4 is 45.2 Å². The molecule has 34 heteroatoms. The van der Waals surface area contributed by atoms with Crippen LogP contribution < -0.4 is 53.3 Å². The predicted molar refractivity (Wildman–Crippen MR) is 438 cm³/mol. The molecule has 634 valence electrons. The van der Waals surface area contributed by atoms with E-state index in [4.69, 9.17) is 28.8 Å². The number of amides is 1. The fraction of sp³-hybridized carbons (Fsp3) is 0.419. The maximum atomic E-state index is 13.5. The quantitative estimate of drug-likeness (QED) is 0.0253. The first-order chi connectivity index (χ1) is 57.0. The van der Waals surface area contributed by atoms with Crippen molar-refractivity contribution < 1.29 is 60.0 Å². The monoisotopic (exact) mass is 1660 g/mol. The van der Waals surface area contributed by atoms with Crippen LogP contribution in [0.25, 0.3) is 67.7 Å². The number of nitrogens with one attached hydrogen (secondary N) is 4. The number of aliphatic carboxylic acids is 1. The van der Waals surface area contributed by atoms with Crippen molar-refractivity contribution in [2.75, 3.05) is 26.7 Å². The van der Waals surface area contributed by atoms with Crippen LogP contribution >= 0.6 is 0 Å². The minimum Gasteiger partial charge on any atom is -0.490 e. The smallest absolute Gasteiger partial charge is 0.416 e. The Labute approximate surface area is 684 Å². The molecule has 6 heterocycles. The summed E-state index contributed by atoms with van der Waals surface area (Å²) in [5, 5.41) is 10.5. The maximum absolute atomic E-state index is 13.5. The highest BCUT2D eigenvalue weighted by Gasteiger charge is 2.35. The second kappa shape index (κ2) is 37.4. The number of carboxylic acid groups (broad SMARTS) is 1. The lowest BCUT2D eigenvalue weighted by molar-refractivity contribution is -0.139. The molecule has 0 saturated heterocycles. The van der Waals surface area contributed by atoms with E-state index >= 15 is 0 Å². The molecule has 9 aliphatic rings. The Morgan fingerprint density at radius 3 is 1.22 bits per heavy atom. The number of ether oxygens (including phenoxy) is 4. The van der Waals surface area contributed by atoms with Crippen LogP contribution in [-0.2, 0) is 61.2 Å². The molecule has 0 unspecified atom stereocenters. The van der Waals surface area contributed by atoms with E-state index in [0.29, 0.717) is 57.7 Å². The highest BCUT2D eigenvalue weighted by atomic mass is 19.4. The number of hydrogen-bond donors (Lipinski definition) is 5. The van der Waals surface area contributed by atoms with Gasteiger partial charge in [0.15, 0.2) is 34.6 Å². The lowest BCUT2D eigenvalue weighted by atomic mass is 10.1. The van der Waals surface area contributed by atoms with Crippen molar-refractivity contribution in [3.05, 3.63) is 222 Å². The van der Waals surface area contributed by atoms with Gasteiger partial charge >= 0.3 is 35.5 Å². The first-order valence-electron chi connectivity index (χ1n) is 39.8. The third-order valence-electron chi connectivity index (χ3n) is 21.0. The number of benzene rings is 6. The number of carboxylic acids is 1.